The number of aromatic nitrogens is 1. The third kappa shape index (κ3) is 4.48. The first kappa shape index (κ1) is 21.9. The number of rotatable bonds is 7. The minimum absolute atomic E-state index is 0.310. The lowest BCUT2D eigenvalue weighted by atomic mass is 10.1. The van der Waals surface area contributed by atoms with Crippen molar-refractivity contribution in [3.8, 4) is 0 Å². The standard InChI is InChI=1S/C25H25N3O3S/c1-3-13-27-15-18(20-7-5-6-8-21(20)27)14-22-24(30)28(25(31)32-22)16-23(29)26-19-11-9-17(4-2)10-12-19/h5-12,14-15H,3-4,13,16H2,1-2H3,(H,26,29)/b22-14-. The molecule has 1 saturated heterocycles. The topological polar surface area (TPSA) is 71.4 Å². The summed E-state index contributed by atoms with van der Waals surface area (Å²) in [4.78, 5) is 39.1. The number of fused-ring (bicyclic) bond motifs is 1. The Morgan fingerprint density at radius 3 is 2.53 bits per heavy atom. The number of anilines is 1. The van der Waals surface area contributed by atoms with Crippen LogP contribution in [-0.4, -0.2) is 33.1 Å². The SMILES string of the molecule is CCCn1cc(/C=C2\SC(=O)N(CC(=O)Nc3ccc(CC)cc3)C2=O)c2ccccc21. The van der Waals surface area contributed by atoms with E-state index in [4.69, 9.17) is 0 Å². The van der Waals surface area contributed by atoms with Gasteiger partial charge < -0.3 is 9.88 Å². The van der Waals surface area contributed by atoms with Gasteiger partial charge in [-0.15, -0.1) is 0 Å². The average molecular weight is 448 g/mol. The van der Waals surface area contributed by atoms with E-state index in [1.807, 2.05) is 54.7 Å². The molecule has 2 heterocycles. The number of para-hydroxylation sites is 1. The summed E-state index contributed by atoms with van der Waals surface area (Å²) in [5.74, 6) is -0.846. The highest BCUT2D eigenvalue weighted by atomic mass is 32.2. The molecule has 0 atom stereocenters. The van der Waals surface area contributed by atoms with Crippen LogP contribution in [0.5, 0.6) is 0 Å². The number of nitrogens with one attached hydrogen (secondary N) is 1. The van der Waals surface area contributed by atoms with Crippen molar-refractivity contribution in [2.45, 2.75) is 33.2 Å². The Morgan fingerprint density at radius 2 is 1.81 bits per heavy atom. The quantitative estimate of drug-likeness (QED) is 0.500. The highest BCUT2D eigenvalue weighted by Crippen LogP contribution is 2.34. The van der Waals surface area contributed by atoms with Crippen LogP contribution in [0.25, 0.3) is 17.0 Å². The summed E-state index contributed by atoms with van der Waals surface area (Å²) in [6.45, 7) is 4.73. The van der Waals surface area contributed by atoms with Crippen LogP contribution in [0.3, 0.4) is 0 Å². The van der Waals surface area contributed by atoms with E-state index in [-0.39, 0.29) is 6.54 Å². The zero-order chi connectivity index (χ0) is 22.7. The van der Waals surface area contributed by atoms with Crippen LogP contribution in [0.1, 0.15) is 31.4 Å². The predicted octanol–water partition coefficient (Wildman–Crippen LogP) is 5.29. The van der Waals surface area contributed by atoms with Crippen molar-refractivity contribution in [3.63, 3.8) is 0 Å². The first-order valence-electron chi connectivity index (χ1n) is 10.7. The lowest BCUT2D eigenvalue weighted by Gasteiger charge is -2.12. The van der Waals surface area contributed by atoms with Crippen molar-refractivity contribution in [2.24, 2.45) is 0 Å². The molecule has 0 aliphatic carbocycles. The van der Waals surface area contributed by atoms with Gasteiger partial charge in [-0.3, -0.25) is 19.3 Å². The molecule has 0 radical (unpaired) electrons. The smallest absolute Gasteiger partial charge is 0.294 e. The van der Waals surface area contributed by atoms with Gasteiger partial charge in [-0.1, -0.05) is 44.2 Å². The Kier molecular flexibility index (Phi) is 6.46. The molecule has 0 saturated carbocycles. The molecule has 32 heavy (non-hydrogen) atoms. The van der Waals surface area contributed by atoms with Gasteiger partial charge in [0.25, 0.3) is 11.1 Å². The normalized spacial score (nSPS) is 15.2. The maximum atomic E-state index is 12.9. The Labute approximate surface area is 191 Å². The van der Waals surface area contributed by atoms with E-state index in [0.29, 0.717) is 10.6 Å². The van der Waals surface area contributed by atoms with Crippen molar-refractivity contribution in [2.75, 3.05) is 11.9 Å². The minimum Gasteiger partial charge on any atom is -0.347 e. The predicted molar refractivity (Wildman–Crippen MR) is 129 cm³/mol. The summed E-state index contributed by atoms with van der Waals surface area (Å²) in [7, 11) is 0. The van der Waals surface area contributed by atoms with E-state index in [2.05, 4.69) is 23.7 Å². The second-order valence-corrected chi connectivity index (χ2v) is 8.65. The van der Waals surface area contributed by atoms with E-state index in [9.17, 15) is 14.4 Å². The summed E-state index contributed by atoms with van der Waals surface area (Å²) in [5.41, 5.74) is 3.78. The van der Waals surface area contributed by atoms with Gasteiger partial charge in [0.1, 0.15) is 6.54 Å². The Hall–Kier alpha value is -3.32. The molecule has 6 nitrogen and oxygen atoms in total. The number of nitrogens with zero attached hydrogens (tertiary/aromatic N) is 2. The number of benzene rings is 2. The number of hydrogen-bond acceptors (Lipinski definition) is 4. The minimum atomic E-state index is -0.441. The second kappa shape index (κ2) is 9.44. The second-order valence-electron chi connectivity index (χ2n) is 7.66. The molecule has 1 fully saturated rings. The van der Waals surface area contributed by atoms with Crippen LogP contribution < -0.4 is 5.32 Å². The Bertz CT molecular complexity index is 1210. The number of amides is 3. The van der Waals surface area contributed by atoms with E-state index in [1.165, 1.54) is 5.56 Å². The molecule has 3 aromatic rings. The van der Waals surface area contributed by atoms with Gasteiger partial charge in [0.2, 0.25) is 5.91 Å². The van der Waals surface area contributed by atoms with Gasteiger partial charge in [-0.25, -0.2) is 0 Å². The number of hydrogen-bond donors (Lipinski definition) is 1. The van der Waals surface area contributed by atoms with Crippen LogP contribution in [0.15, 0.2) is 59.6 Å². The first-order valence-corrected chi connectivity index (χ1v) is 11.5. The van der Waals surface area contributed by atoms with Crippen molar-refractivity contribution in [1.82, 2.24) is 9.47 Å². The van der Waals surface area contributed by atoms with Crippen LogP contribution >= 0.6 is 11.8 Å². The van der Waals surface area contributed by atoms with Crippen LogP contribution in [0.2, 0.25) is 0 Å². The maximum absolute atomic E-state index is 12.9. The zero-order valence-electron chi connectivity index (χ0n) is 18.1. The number of aryl methyl sites for hydroxylation is 2. The summed E-state index contributed by atoms with van der Waals surface area (Å²) in [5, 5.41) is 3.34. The van der Waals surface area contributed by atoms with Crippen LogP contribution in [0, 0.1) is 0 Å². The molecule has 2 aromatic carbocycles. The summed E-state index contributed by atoms with van der Waals surface area (Å²) in [6, 6.07) is 15.5. The largest absolute Gasteiger partial charge is 0.347 e. The lowest BCUT2D eigenvalue weighted by molar-refractivity contribution is -0.127. The van der Waals surface area contributed by atoms with Gasteiger partial charge in [-0.2, -0.15) is 0 Å². The molecule has 1 aromatic heterocycles. The molecule has 0 unspecified atom stereocenters. The third-order valence-corrected chi connectivity index (χ3v) is 6.30. The third-order valence-electron chi connectivity index (χ3n) is 5.39. The fourth-order valence-electron chi connectivity index (χ4n) is 3.76. The summed E-state index contributed by atoms with van der Waals surface area (Å²) < 4.78 is 2.16. The van der Waals surface area contributed by atoms with Gasteiger partial charge in [-0.05, 0) is 54.4 Å². The van der Waals surface area contributed by atoms with Gasteiger partial charge in [0, 0.05) is 34.9 Å². The summed E-state index contributed by atoms with van der Waals surface area (Å²) in [6.07, 6.45) is 5.66. The first-order chi connectivity index (χ1) is 15.5. The lowest BCUT2D eigenvalue weighted by Crippen LogP contribution is -2.36. The molecule has 1 aliphatic rings. The summed E-state index contributed by atoms with van der Waals surface area (Å²) >= 11 is 0.870. The zero-order valence-corrected chi connectivity index (χ0v) is 18.9. The Balaban J connectivity index is 1.51. The molecule has 3 amide bonds. The van der Waals surface area contributed by atoms with E-state index >= 15 is 0 Å². The van der Waals surface area contributed by atoms with Crippen LogP contribution in [0.4, 0.5) is 10.5 Å². The number of carbonyl (C=O) groups excluding carboxylic acids is 3. The Morgan fingerprint density at radius 1 is 1.06 bits per heavy atom. The fourth-order valence-corrected chi connectivity index (χ4v) is 4.59. The highest BCUT2D eigenvalue weighted by molar-refractivity contribution is 8.18. The maximum Gasteiger partial charge on any atom is 0.294 e. The number of thioether (sulfide) groups is 1. The monoisotopic (exact) mass is 447 g/mol. The molecule has 4 rings (SSSR count). The molecule has 1 aliphatic heterocycles. The molecule has 7 heteroatoms. The number of imide groups is 1. The van der Waals surface area contributed by atoms with Gasteiger partial charge in [0.15, 0.2) is 0 Å². The number of carbonyl (C=O) groups is 3. The van der Waals surface area contributed by atoms with Crippen molar-refractivity contribution < 1.29 is 14.4 Å². The molecule has 164 valence electrons. The van der Waals surface area contributed by atoms with Gasteiger partial charge >= 0.3 is 0 Å². The molecule has 1 N–H and O–H groups in total. The molecular formula is C25H25N3O3S. The van der Waals surface area contributed by atoms with Gasteiger partial charge in [0.05, 0.1) is 4.91 Å². The van der Waals surface area contributed by atoms with Crippen molar-refractivity contribution in [3.05, 3.63) is 70.8 Å². The molecular weight excluding hydrogens is 422 g/mol. The van der Waals surface area contributed by atoms with Crippen LogP contribution in [-0.2, 0) is 22.6 Å². The molecule has 0 bridgehead atoms. The average Bonchev–Trinajstić information content (AvgIpc) is 3.27. The van der Waals surface area contributed by atoms with E-state index in [0.717, 1.165) is 52.5 Å². The highest BCUT2D eigenvalue weighted by Gasteiger charge is 2.36. The van der Waals surface area contributed by atoms with Crippen molar-refractivity contribution in [1.29, 1.82) is 0 Å². The van der Waals surface area contributed by atoms with E-state index < -0.39 is 17.1 Å². The van der Waals surface area contributed by atoms with E-state index in [1.54, 1.807) is 6.08 Å². The van der Waals surface area contributed by atoms with Crippen molar-refractivity contribution >= 4 is 51.5 Å². The molecule has 0 spiro atoms. The fraction of sp³-hybridized carbons (Fsp3) is 0.240.